The molecular formula is C17H21NO4. The Morgan fingerprint density at radius 2 is 2.18 bits per heavy atom. The highest BCUT2D eigenvalue weighted by atomic mass is 16.5. The third kappa shape index (κ3) is 4.70. The topological polar surface area (TPSA) is 64.6 Å². The summed E-state index contributed by atoms with van der Waals surface area (Å²) in [7, 11) is 1.32. The number of rotatable bonds is 6. The van der Waals surface area contributed by atoms with Gasteiger partial charge in [0.15, 0.2) is 0 Å². The third-order valence-corrected chi connectivity index (χ3v) is 3.58. The fourth-order valence-electron chi connectivity index (χ4n) is 2.29. The Kier molecular flexibility index (Phi) is 6.15. The van der Waals surface area contributed by atoms with Gasteiger partial charge in [-0.2, -0.15) is 0 Å². The molecule has 5 nitrogen and oxygen atoms in total. The Morgan fingerprint density at radius 1 is 1.41 bits per heavy atom. The Bertz CT molecular complexity index is 521. The molecule has 0 radical (unpaired) electrons. The first kappa shape index (κ1) is 16.2. The molecule has 0 bridgehead atoms. The van der Waals surface area contributed by atoms with E-state index in [0.29, 0.717) is 26.1 Å². The SMILES string of the molecule is COC(=O)[C@@H](C/C=C/c1ccccc1)NC(=O)[C@H]1CCOC1. The number of nitrogens with one attached hydrogen (secondary N) is 1. The third-order valence-electron chi connectivity index (χ3n) is 3.58. The van der Waals surface area contributed by atoms with Crippen LogP contribution < -0.4 is 5.32 Å². The van der Waals surface area contributed by atoms with Crippen molar-refractivity contribution in [3.63, 3.8) is 0 Å². The van der Waals surface area contributed by atoms with Gasteiger partial charge in [-0.1, -0.05) is 42.5 Å². The average Bonchev–Trinajstić information content (AvgIpc) is 3.08. The van der Waals surface area contributed by atoms with E-state index < -0.39 is 12.0 Å². The molecule has 0 aliphatic carbocycles. The van der Waals surface area contributed by atoms with E-state index >= 15 is 0 Å². The van der Waals surface area contributed by atoms with Gasteiger partial charge < -0.3 is 14.8 Å². The van der Waals surface area contributed by atoms with Crippen LogP contribution in [0.1, 0.15) is 18.4 Å². The van der Waals surface area contributed by atoms with Crippen molar-refractivity contribution < 1.29 is 19.1 Å². The lowest BCUT2D eigenvalue weighted by Gasteiger charge is -2.17. The van der Waals surface area contributed by atoms with E-state index in [1.165, 1.54) is 7.11 Å². The molecule has 5 heteroatoms. The second-order valence-corrected chi connectivity index (χ2v) is 5.19. The van der Waals surface area contributed by atoms with Crippen LogP contribution in [0.3, 0.4) is 0 Å². The Balaban J connectivity index is 1.92. The molecule has 1 aromatic carbocycles. The van der Waals surface area contributed by atoms with Gasteiger partial charge in [0.1, 0.15) is 6.04 Å². The van der Waals surface area contributed by atoms with Crippen LogP contribution in [-0.2, 0) is 19.1 Å². The van der Waals surface area contributed by atoms with Gasteiger partial charge in [-0.05, 0) is 18.4 Å². The molecule has 1 N–H and O–H groups in total. The Hall–Kier alpha value is -2.14. The first-order valence-corrected chi connectivity index (χ1v) is 7.38. The van der Waals surface area contributed by atoms with E-state index in [1.54, 1.807) is 0 Å². The standard InChI is InChI=1S/C17H21NO4/c1-21-17(20)15(18-16(19)14-10-11-22-12-14)9-5-8-13-6-3-2-4-7-13/h2-8,14-15H,9-12H2,1H3,(H,18,19)/b8-5+/t14-,15+/m0/s1. The molecule has 22 heavy (non-hydrogen) atoms. The Labute approximate surface area is 130 Å². The molecule has 1 aliphatic heterocycles. The molecular weight excluding hydrogens is 282 g/mol. The molecule has 118 valence electrons. The molecule has 1 saturated heterocycles. The molecule has 0 saturated carbocycles. The van der Waals surface area contributed by atoms with Crippen molar-refractivity contribution in [1.29, 1.82) is 0 Å². The quantitative estimate of drug-likeness (QED) is 0.814. The number of esters is 1. The van der Waals surface area contributed by atoms with Gasteiger partial charge in [-0.15, -0.1) is 0 Å². The summed E-state index contributed by atoms with van der Waals surface area (Å²) in [6, 6.07) is 9.10. The van der Waals surface area contributed by atoms with Crippen LogP contribution in [0.2, 0.25) is 0 Å². The molecule has 1 amide bonds. The summed E-state index contributed by atoms with van der Waals surface area (Å²) in [5, 5.41) is 2.75. The highest BCUT2D eigenvalue weighted by molar-refractivity contribution is 5.86. The van der Waals surface area contributed by atoms with E-state index in [2.05, 4.69) is 5.32 Å². The predicted octanol–water partition coefficient (Wildman–Crippen LogP) is 1.78. The summed E-state index contributed by atoms with van der Waals surface area (Å²) in [5.41, 5.74) is 1.04. The summed E-state index contributed by atoms with van der Waals surface area (Å²) >= 11 is 0. The minimum absolute atomic E-state index is 0.152. The lowest BCUT2D eigenvalue weighted by atomic mass is 10.1. The first-order chi connectivity index (χ1) is 10.7. The largest absolute Gasteiger partial charge is 0.467 e. The van der Waals surface area contributed by atoms with Crippen molar-refractivity contribution >= 4 is 18.0 Å². The number of benzene rings is 1. The molecule has 0 unspecified atom stereocenters. The lowest BCUT2D eigenvalue weighted by Crippen LogP contribution is -2.44. The van der Waals surface area contributed by atoms with E-state index in [-0.39, 0.29) is 11.8 Å². The maximum atomic E-state index is 12.1. The van der Waals surface area contributed by atoms with Gasteiger partial charge in [0.25, 0.3) is 0 Å². The summed E-state index contributed by atoms with van der Waals surface area (Å²) in [6.45, 7) is 1.01. The molecule has 0 spiro atoms. The van der Waals surface area contributed by atoms with Gasteiger partial charge in [0.2, 0.25) is 5.91 Å². The summed E-state index contributed by atoms with van der Waals surface area (Å²) in [6.07, 6.45) is 4.86. The number of methoxy groups -OCH3 is 1. The fraction of sp³-hybridized carbons (Fsp3) is 0.412. The highest BCUT2D eigenvalue weighted by Gasteiger charge is 2.27. The molecule has 0 aromatic heterocycles. The van der Waals surface area contributed by atoms with Crippen LogP contribution in [0, 0.1) is 5.92 Å². The van der Waals surface area contributed by atoms with Gasteiger partial charge in [-0.25, -0.2) is 4.79 Å². The minimum atomic E-state index is -0.668. The maximum Gasteiger partial charge on any atom is 0.328 e. The monoisotopic (exact) mass is 303 g/mol. The highest BCUT2D eigenvalue weighted by Crippen LogP contribution is 2.13. The normalized spacial score (nSPS) is 19.0. The van der Waals surface area contributed by atoms with Gasteiger partial charge in [0.05, 0.1) is 19.6 Å². The van der Waals surface area contributed by atoms with E-state index in [1.807, 2.05) is 42.5 Å². The summed E-state index contributed by atoms with van der Waals surface area (Å²) in [5.74, 6) is -0.767. The van der Waals surface area contributed by atoms with Crippen LogP contribution >= 0.6 is 0 Å². The first-order valence-electron chi connectivity index (χ1n) is 7.38. The fourth-order valence-corrected chi connectivity index (χ4v) is 2.29. The number of hydrogen-bond acceptors (Lipinski definition) is 4. The predicted molar refractivity (Wildman–Crippen MR) is 83.0 cm³/mol. The zero-order valence-electron chi connectivity index (χ0n) is 12.7. The van der Waals surface area contributed by atoms with Crippen molar-refractivity contribution in [2.45, 2.75) is 18.9 Å². The molecule has 1 fully saturated rings. The van der Waals surface area contributed by atoms with E-state index in [9.17, 15) is 9.59 Å². The van der Waals surface area contributed by atoms with Crippen molar-refractivity contribution in [3.05, 3.63) is 42.0 Å². The summed E-state index contributed by atoms with van der Waals surface area (Å²) in [4.78, 5) is 23.9. The molecule has 1 aliphatic rings. The Morgan fingerprint density at radius 3 is 2.82 bits per heavy atom. The van der Waals surface area contributed by atoms with Crippen LogP contribution in [0.4, 0.5) is 0 Å². The van der Waals surface area contributed by atoms with Crippen molar-refractivity contribution in [3.8, 4) is 0 Å². The second-order valence-electron chi connectivity index (χ2n) is 5.19. The zero-order chi connectivity index (χ0) is 15.8. The number of hydrogen-bond donors (Lipinski definition) is 1. The lowest BCUT2D eigenvalue weighted by molar-refractivity contribution is -0.145. The van der Waals surface area contributed by atoms with Gasteiger partial charge in [0, 0.05) is 6.61 Å². The van der Waals surface area contributed by atoms with Crippen LogP contribution in [0.15, 0.2) is 36.4 Å². The van der Waals surface area contributed by atoms with E-state index in [4.69, 9.17) is 9.47 Å². The number of carbonyl (C=O) groups excluding carboxylic acids is 2. The van der Waals surface area contributed by atoms with Crippen molar-refractivity contribution in [1.82, 2.24) is 5.32 Å². The smallest absolute Gasteiger partial charge is 0.328 e. The molecule has 1 aromatic rings. The summed E-state index contributed by atoms with van der Waals surface area (Å²) < 4.78 is 9.95. The molecule has 2 atom stereocenters. The van der Waals surface area contributed by atoms with Gasteiger partial charge >= 0.3 is 5.97 Å². The van der Waals surface area contributed by atoms with Crippen LogP contribution in [-0.4, -0.2) is 38.2 Å². The zero-order valence-corrected chi connectivity index (χ0v) is 12.7. The van der Waals surface area contributed by atoms with Crippen molar-refractivity contribution in [2.75, 3.05) is 20.3 Å². The average molecular weight is 303 g/mol. The number of ether oxygens (including phenoxy) is 2. The number of carbonyl (C=O) groups is 2. The van der Waals surface area contributed by atoms with Crippen molar-refractivity contribution in [2.24, 2.45) is 5.92 Å². The molecule has 2 rings (SSSR count). The minimum Gasteiger partial charge on any atom is -0.467 e. The van der Waals surface area contributed by atoms with E-state index in [0.717, 1.165) is 5.56 Å². The van der Waals surface area contributed by atoms with Crippen LogP contribution in [0.5, 0.6) is 0 Å². The van der Waals surface area contributed by atoms with Crippen LogP contribution in [0.25, 0.3) is 6.08 Å². The van der Waals surface area contributed by atoms with Gasteiger partial charge in [-0.3, -0.25) is 4.79 Å². The molecule has 1 heterocycles. The maximum absolute atomic E-state index is 12.1. The second kappa shape index (κ2) is 8.34. The number of amides is 1.